The fourth-order valence-electron chi connectivity index (χ4n) is 6.34. The lowest BCUT2D eigenvalue weighted by atomic mass is 9.94. The second-order valence-electron chi connectivity index (χ2n) is 10.9. The topological polar surface area (TPSA) is 51.1 Å². The molecule has 206 valence electrons. The van der Waals surface area contributed by atoms with Crippen LogP contribution in [0.1, 0.15) is 0 Å². The highest BCUT2D eigenvalue weighted by atomic mass is 16.5. The van der Waals surface area contributed by atoms with Crippen molar-refractivity contribution in [3.8, 4) is 33.9 Å². The third-order valence-electron chi connectivity index (χ3n) is 8.39. The predicted molar refractivity (Wildman–Crippen MR) is 178 cm³/mol. The lowest BCUT2D eigenvalue weighted by Crippen LogP contribution is -2.15. The van der Waals surface area contributed by atoms with Crippen LogP contribution in [0.2, 0.25) is 0 Å². The van der Waals surface area contributed by atoms with Gasteiger partial charge >= 0.3 is 0 Å². The van der Waals surface area contributed by atoms with Crippen LogP contribution in [0.25, 0.3) is 55.0 Å². The van der Waals surface area contributed by atoms with Crippen molar-refractivity contribution in [3.05, 3.63) is 146 Å². The van der Waals surface area contributed by atoms with Gasteiger partial charge in [-0.3, -0.25) is 15.0 Å². The Morgan fingerprint density at radius 2 is 1.02 bits per heavy atom. The molecule has 8 aromatic rings. The summed E-state index contributed by atoms with van der Waals surface area (Å²) >= 11 is 0. The molecule has 0 aliphatic carbocycles. The molecule has 9 rings (SSSR count). The molecule has 0 atom stereocenters. The van der Waals surface area contributed by atoms with Gasteiger partial charge in [-0.05, 0) is 76.5 Å². The SMILES string of the molecule is c1ccc(-c2ccc(-c3ccc4c(c3)c3cc(N5c6ccccc6Oc6ccccc65)ccc3c3nccnc43)cc2)nc1. The molecule has 6 aromatic carbocycles. The van der Waals surface area contributed by atoms with Gasteiger partial charge in [-0.25, -0.2) is 0 Å². The molecule has 0 amide bonds. The van der Waals surface area contributed by atoms with E-state index >= 15 is 0 Å². The Balaban J connectivity index is 1.26. The lowest BCUT2D eigenvalue weighted by molar-refractivity contribution is 0.477. The van der Waals surface area contributed by atoms with Gasteiger partial charge < -0.3 is 9.64 Å². The summed E-state index contributed by atoms with van der Waals surface area (Å²) in [6.45, 7) is 0. The number of fused-ring (bicyclic) bond motifs is 8. The molecule has 5 heteroatoms. The number of ether oxygens (including phenoxy) is 1. The predicted octanol–water partition coefficient (Wildman–Crippen LogP) is 10.2. The number of aromatic nitrogens is 3. The van der Waals surface area contributed by atoms with Crippen LogP contribution >= 0.6 is 0 Å². The van der Waals surface area contributed by atoms with E-state index in [-0.39, 0.29) is 0 Å². The monoisotopic (exact) mass is 564 g/mol. The summed E-state index contributed by atoms with van der Waals surface area (Å²) < 4.78 is 6.28. The van der Waals surface area contributed by atoms with Crippen molar-refractivity contribution in [1.82, 2.24) is 15.0 Å². The molecule has 0 bridgehead atoms. The first-order chi connectivity index (χ1) is 21.8. The third kappa shape index (κ3) is 3.83. The molecule has 1 aliphatic heterocycles. The van der Waals surface area contributed by atoms with Gasteiger partial charge in [0.1, 0.15) is 0 Å². The van der Waals surface area contributed by atoms with Gasteiger partial charge in [0.05, 0.1) is 28.1 Å². The van der Waals surface area contributed by atoms with E-state index in [1.54, 1.807) is 12.4 Å². The van der Waals surface area contributed by atoms with E-state index in [4.69, 9.17) is 14.7 Å². The summed E-state index contributed by atoms with van der Waals surface area (Å²) in [7, 11) is 0. The lowest BCUT2D eigenvalue weighted by Gasteiger charge is -2.33. The molecule has 0 N–H and O–H groups in total. The van der Waals surface area contributed by atoms with Crippen molar-refractivity contribution in [2.24, 2.45) is 0 Å². The van der Waals surface area contributed by atoms with E-state index in [0.717, 1.165) is 83.5 Å². The van der Waals surface area contributed by atoms with Gasteiger partial charge in [0.15, 0.2) is 11.5 Å². The molecular formula is C39H24N4O. The Bertz CT molecular complexity index is 2320. The second-order valence-corrected chi connectivity index (χ2v) is 10.9. The van der Waals surface area contributed by atoms with Crippen LogP contribution in [0.3, 0.4) is 0 Å². The Labute approximate surface area is 253 Å². The highest BCUT2D eigenvalue weighted by Crippen LogP contribution is 2.51. The molecule has 5 nitrogen and oxygen atoms in total. The maximum Gasteiger partial charge on any atom is 0.151 e. The minimum Gasteiger partial charge on any atom is -0.453 e. The van der Waals surface area contributed by atoms with Gasteiger partial charge in [0, 0.05) is 40.6 Å². The first-order valence-electron chi connectivity index (χ1n) is 14.6. The molecule has 0 spiro atoms. The zero-order valence-electron chi connectivity index (χ0n) is 23.6. The van der Waals surface area contributed by atoms with E-state index in [9.17, 15) is 0 Å². The van der Waals surface area contributed by atoms with Crippen molar-refractivity contribution in [1.29, 1.82) is 0 Å². The van der Waals surface area contributed by atoms with Gasteiger partial charge in [-0.15, -0.1) is 0 Å². The number of nitrogens with zero attached hydrogens (tertiary/aromatic N) is 4. The van der Waals surface area contributed by atoms with Crippen molar-refractivity contribution in [2.75, 3.05) is 4.90 Å². The highest BCUT2D eigenvalue weighted by molar-refractivity contribution is 6.24. The largest absolute Gasteiger partial charge is 0.453 e. The maximum atomic E-state index is 6.28. The van der Waals surface area contributed by atoms with E-state index in [1.165, 1.54) is 0 Å². The van der Waals surface area contributed by atoms with E-state index < -0.39 is 0 Å². The molecular weight excluding hydrogens is 540 g/mol. The number of para-hydroxylation sites is 4. The summed E-state index contributed by atoms with van der Waals surface area (Å²) in [6, 6.07) is 44.2. The zero-order chi connectivity index (χ0) is 29.0. The third-order valence-corrected chi connectivity index (χ3v) is 8.39. The molecule has 3 heterocycles. The second kappa shape index (κ2) is 9.75. The highest BCUT2D eigenvalue weighted by Gasteiger charge is 2.26. The normalized spacial score (nSPS) is 12.2. The summed E-state index contributed by atoms with van der Waals surface area (Å²) in [6.07, 6.45) is 5.37. The first kappa shape index (κ1) is 24.5. The first-order valence-corrected chi connectivity index (χ1v) is 14.6. The Morgan fingerprint density at radius 3 is 1.70 bits per heavy atom. The number of rotatable bonds is 3. The number of benzene rings is 6. The number of hydrogen-bond donors (Lipinski definition) is 0. The number of pyridine rings is 1. The van der Waals surface area contributed by atoms with E-state index in [1.807, 2.05) is 60.8 Å². The van der Waals surface area contributed by atoms with Gasteiger partial charge in [-0.1, -0.05) is 72.8 Å². The molecule has 1 aliphatic rings. The summed E-state index contributed by atoms with van der Waals surface area (Å²) in [5.41, 5.74) is 9.21. The van der Waals surface area contributed by atoms with Crippen molar-refractivity contribution >= 4 is 49.6 Å². The standard InChI is InChI=1S/C39H24N4O/c1-3-10-36-34(8-1)43(35-9-2-4-11-37(35)44-36)28-17-19-30-32(24-28)31-23-27(16-18-29(31)38-39(30)42-22-21-41-38)25-12-14-26(15-13-25)33-7-5-6-20-40-33/h1-24H. The molecule has 44 heavy (non-hydrogen) atoms. The van der Waals surface area contributed by atoms with Crippen molar-refractivity contribution < 1.29 is 4.74 Å². The Morgan fingerprint density at radius 1 is 0.432 bits per heavy atom. The van der Waals surface area contributed by atoms with Crippen LogP contribution < -0.4 is 9.64 Å². The molecule has 0 unspecified atom stereocenters. The number of hydrogen-bond acceptors (Lipinski definition) is 5. The van der Waals surface area contributed by atoms with Crippen molar-refractivity contribution in [3.63, 3.8) is 0 Å². The molecule has 0 radical (unpaired) electrons. The quantitative estimate of drug-likeness (QED) is 0.200. The summed E-state index contributed by atoms with van der Waals surface area (Å²) in [4.78, 5) is 16.4. The summed E-state index contributed by atoms with van der Waals surface area (Å²) in [5.74, 6) is 1.66. The average Bonchev–Trinajstić information content (AvgIpc) is 3.10. The Hall–Kier alpha value is -6.07. The van der Waals surface area contributed by atoms with Crippen LogP contribution in [0.5, 0.6) is 11.5 Å². The van der Waals surface area contributed by atoms with Crippen LogP contribution in [-0.4, -0.2) is 15.0 Å². The molecule has 0 saturated heterocycles. The summed E-state index contributed by atoms with van der Waals surface area (Å²) in [5, 5.41) is 4.41. The van der Waals surface area contributed by atoms with Gasteiger partial charge in [0.2, 0.25) is 0 Å². The fraction of sp³-hybridized carbons (Fsp3) is 0. The molecule has 0 fully saturated rings. The zero-order valence-corrected chi connectivity index (χ0v) is 23.6. The van der Waals surface area contributed by atoms with Crippen LogP contribution in [0.4, 0.5) is 17.1 Å². The van der Waals surface area contributed by atoms with Crippen molar-refractivity contribution in [2.45, 2.75) is 0 Å². The molecule has 0 saturated carbocycles. The average molecular weight is 565 g/mol. The minimum absolute atomic E-state index is 0.831. The van der Waals surface area contributed by atoms with E-state index in [2.05, 4.69) is 82.7 Å². The number of anilines is 3. The van der Waals surface area contributed by atoms with Gasteiger partial charge in [-0.2, -0.15) is 0 Å². The van der Waals surface area contributed by atoms with E-state index in [0.29, 0.717) is 0 Å². The maximum absolute atomic E-state index is 6.28. The van der Waals surface area contributed by atoms with Crippen LogP contribution in [-0.2, 0) is 0 Å². The minimum atomic E-state index is 0.831. The molecule has 2 aromatic heterocycles. The van der Waals surface area contributed by atoms with Crippen LogP contribution in [0.15, 0.2) is 146 Å². The fourth-order valence-corrected chi connectivity index (χ4v) is 6.34. The van der Waals surface area contributed by atoms with Gasteiger partial charge in [0.25, 0.3) is 0 Å². The smallest absolute Gasteiger partial charge is 0.151 e. The Kier molecular flexibility index (Phi) is 5.43. The van der Waals surface area contributed by atoms with Crippen LogP contribution in [0, 0.1) is 0 Å².